The van der Waals surface area contributed by atoms with Gasteiger partial charge in [-0.3, -0.25) is 9.78 Å². The average Bonchev–Trinajstić information content (AvgIpc) is 2.35. The molecule has 1 amide bonds. The number of hydrogen-bond acceptors (Lipinski definition) is 3. The average molecular weight is 248 g/mol. The van der Waals surface area contributed by atoms with Crippen molar-refractivity contribution in [2.75, 3.05) is 6.54 Å². The summed E-state index contributed by atoms with van der Waals surface area (Å²) in [7, 11) is 0. The first-order valence-corrected chi connectivity index (χ1v) is 5.51. The zero-order valence-corrected chi connectivity index (χ0v) is 10.4. The highest BCUT2D eigenvalue weighted by Gasteiger charge is 2.20. The van der Waals surface area contributed by atoms with Gasteiger partial charge in [-0.2, -0.15) is 0 Å². The van der Waals surface area contributed by atoms with Crippen LogP contribution in [0.3, 0.4) is 0 Å². The van der Waals surface area contributed by atoms with Gasteiger partial charge in [0.15, 0.2) is 0 Å². The van der Waals surface area contributed by atoms with Crippen molar-refractivity contribution in [3.05, 3.63) is 42.2 Å². The Hall–Kier alpha value is -2.17. The SMILES string of the molecule is CC(C)(CNC(=O)/C=C/C(=O)O)c1cccnc1. The molecule has 1 aromatic rings. The number of carbonyl (C=O) groups excluding carboxylic acids is 1. The van der Waals surface area contributed by atoms with Crippen molar-refractivity contribution in [3.63, 3.8) is 0 Å². The second kappa shape index (κ2) is 5.95. The topological polar surface area (TPSA) is 79.3 Å². The molecule has 0 aliphatic heterocycles. The van der Waals surface area contributed by atoms with Crippen molar-refractivity contribution in [2.45, 2.75) is 19.3 Å². The third-order valence-corrected chi connectivity index (χ3v) is 2.52. The monoisotopic (exact) mass is 248 g/mol. The molecule has 0 radical (unpaired) electrons. The first kappa shape index (κ1) is 13.9. The van der Waals surface area contributed by atoms with Gasteiger partial charge in [0.25, 0.3) is 0 Å². The van der Waals surface area contributed by atoms with E-state index in [9.17, 15) is 9.59 Å². The lowest BCUT2D eigenvalue weighted by Crippen LogP contribution is -2.36. The number of aromatic nitrogens is 1. The summed E-state index contributed by atoms with van der Waals surface area (Å²) < 4.78 is 0. The van der Waals surface area contributed by atoms with E-state index in [1.165, 1.54) is 0 Å². The summed E-state index contributed by atoms with van der Waals surface area (Å²) in [6, 6.07) is 3.77. The molecule has 5 heteroatoms. The fraction of sp³-hybridized carbons (Fsp3) is 0.308. The van der Waals surface area contributed by atoms with Crippen LogP contribution in [0.2, 0.25) is 0 Å². The molecule has 0 saturated carbocycles. The van der Waals surface area contributed by atoms with Crippen LogP contribution in [0.1, 0.15) is 19.4 Å². The molecule has 0 aliphatic carbocycles. The van der Waals surface area contributed by atoms with E-state index in [1.54, 1.807) is 12.4 Å². The van der Waals surface area contributed by atoms with Gasteiger partial charge >= 0.3 is 5.97 Å². The van der Waals surface area contributed by atoms with E-state index >= 15 is 0 Å². The zero-order valence-electron chi connectivity index (χ0n) is 10.4. The van der Waals surface area contributed by atoms with E-state index < -0.39 is 11.9 Å². The molecule has 1 aromatic heterocycles. The fourth-order valence-corrected chi connectivity index (χ4v) is 1.38. The predicted octanol–water partition coefficient (Wildman–Crippen LogP) is 1.12. The van der Waals surface area contributed by atoms with E-state index in [2.05, 4.69) is 10.3 Å². The summed E-state index contributed by atoms with van der Waals surface area (Å²) >= 11 is 0. The molecule has 0 atom stereocenters. The van der Waals surface area contributed by atoms with Crippen LogP contribution in [0, 0.1) is 0 Å². The largest absolute Gasteiger partial charge is 0.478 e. The maximum Gasteiger partial charge on any atom is 0.328 e. The Morgan fingerprint density at radius 2 is 2.17 bits per heavy atom. The van der Waals surface area contributed by atoms with Crippen LogP contribution in [-0.4, -0.2) is 28.5 Å². The Kier molecular flexibility index (Phi) is 4.59. The van der Waals surface area contributed by atoms with Gasteiger partial charge in [0.2, 0.25) is 5.91 Å². The number of aliphatic carboxylic acids is 1. The second-order valence-electron chi connectivity index (χ2n) is 4.51. The maximum absolute atomic E-state index is 11.3. The van der Waals surface area contributed by atoms with Crippen molar-refractivity contribution in [3.8, 4) is 0 Å². The van der Waals surface area contributed by atoms with Gasteiger partial charge in [-0.25, -0.2) is 4.79 Å². The van der Waals surface area contributed by atoms with Crippen molar-refractivity contribution in [1.82, 2.24) is 10.3 Å². The first-order chi connectivity index (χ1) is 8.42. The minimum Gasteiger partial charge on any atom is -0.478 e. The minimum absolute atomic E-state index is 0.263. The first-order valence-electron chi connectivity index (χ1n) is 5.51. The zero-order chi connectivity index (χ0) is 13.6. The molecule has 1 rings (SSSR count). The van der Waals surface area contributed by atoms with Crippen LogP contribution >= 0.6 is 0 Å². The molecular weight excluding hydrogens is 232 g/mol. The lowest BCUT2D eigenvalue weighted by Gasteiger charge is -2.24. The number of amides is 1. The fourth-order valence-electron chi connectivity index (χ4n) is 1.38. The normalized spacial score (nSPS) is 11.4. The standard InChI is InChI=1S/C13H16N2O3/c1-13(2,10-4-3-7-14-8-10)9-15-11(16)5-6-12(17)18/h3-8H,9H2,1-2H3,(H,15,16)(H,17,18)/b6-5+. The lowest BCUT2D eigenvalue weighted by molar-refractivity contribution is -0.131. The van der Waals surface area contributed by atoms with Crippen LogP contribution in [0.25, 0.3) is 0 Å². The van der Waals surface area contributed by atoms with Crippen LogP contribution in [0.4, 0.5) is 0 Å². The molecule has 2 N–H and O–H groups in total. The molecule has 0 bridgehead atoms. The Bertz CT molecular complexity index is 453. The predicted molar refractivity (Wildman–Crippen MR) is 67.0 cm³/mol. The van der Waals surface area contributed by atoms with Gasteiger partial charge in [-0.15, -0.1) is 0 Å². The van der Waals surface area contributed by atoms with Crippen molar-refractivity contribution in [1.29, 1.82) is 0 Å². The number of rotatable bonds is 5. The maximum atomic E-state index is 11.3. The van der Waals surface area contributed by atoms with E-state index in [4.69, 9.17) is 5.11 Å². The molecule has 0 aliphatic rings. The van der Waals surface area contributed by atoms with Crippen molar-refractivity contribution in [2.24, 2.45) is 0 Å². The summed E-state index contributed by atoms with van der Waals surface area (Å²) in [5, 5.41) is 11.1. The summed E-state index contributed by atoms with van der Waals surface area (Å²) in [6.45, 7) is 4.36. The second-order valence-corrected chi connectivity index (χ2v) is 4.51. The molecule has 1 heterocycles. The number of carbonyl (C=O) groups is 2. The molecule has 0 spiro atoms. The van der Waals surface area contributed by atoms with Gasteiger partial charge in [-0.1, -0.05) is 19.9 Å². The summed E-state index contributed by atoms with van der Waals surface area (Å²) in [6.07, 6.45) is 5.25. The number of nitrogens with one attached hydrogen (secondary N) is 1. The van der Waals surface area contributed by atoms with Crippen molar-refractivity contribution < 1.29 is 14.7 Å². The molecule has 0 fully saturated rings. The van der Waals surface area contributed by atoms with Gasteiger partial charge in [-0.05, 0) is 11.6 Å². The smallest absolute Gasteiger partial charge is 0.328 e. The van der Waals surface area contributed by atoms with Crippen LogP contribution in [0.5, 0.6) is 0 Å². The summed E-state index contributed by atoms with van der Waals surface area (Å²) in [5.41, 5.74) is 0.744. The lowest BCUT2D eigenvalue weighted by atomic mass is 9.86. The Labute approximate surface area is 106 Å². The number of hydrogen-bond donors (Lipinski definition) is 2. The molecule has 96 valence electrons. The third kappa shape index (κ3) is 4.37. The van der Waals surface area contributed by atoms with Gasteiger partial charge in [0.05, 0.1) is 0 Å². The number of carboxylic acids is 1. The molecule has 0 aromatic carbocycles. The number of carboxylic acid groups (broad SMARTS) is 1. The van der Waals surface area contributed by atoms with Crippen LogP contribution in [0.15, 0.2) is 36.7 Å². The molecular formula is C13H16N2O3. The quantitative estimate of drug-likeness (QED) is 0.765. The third-order valence-electron chi connectivity index (χ3n) is 2.52. The molecule has 18 heavy (non-hydrogen) atoms. The highest BCUT2D eigenvalue weighted by molar-refractivity contribution is 5.93. The highest BCUT2D eigenvalue weighted by atomic mass is 16.4. The van der Waals surface area contributed by atoms with E-state index in [0.29, 0.717) is 6.54 Å². The van der Waals surface area contributed by atoms with Crippen LogP contribution in [-0.2, 0) is 15.0 Å². The minimum atomic E-state index is -1.14. The van der Waals surface area contributed by atoms with Gasteiger partial charge in [0, 0.05) is 36.5 Å². The Balaban J connectivity index is 2.57. The van der Waals surface area contributed by atoms with Crippen LogP contribution < -0.4 is 5.32 Å². The highest BCUT2D eigenvalue weighted by Crippen LogP contribution is 2.20. The molecule has 0 unspecified atom stereocenters. The van der Waals surface area contributed by atoms with Gasteiger partial charge < -0.3 is 10.4 Å². The number of pyridine rings is 1. The molecule has 0 saturated heterocycles. The Morgan fingerprint density at radius 3 is 2.72 bits per heavy atom. The van der Waals surface area contributed by atoms with Crippen molar-refractivity contribution >= 4 is 11.9 Å². The van der Waals surface area contributed by atoms with Gasteiger partial charge in [0.1, 0.15) is 0 Å². The Morgan fingerprint density at radius 1 is 1.44 bits per heavy atom. The number of nitrogens with zero attached hydrogens (tertiary/aromatic N) is 1. The molecule has 5 nitrogen and oxygen atoms in total. The van der Waals surface area contributed by atoms with E-state index in [0.717, 1.165) is 17.7 Å². The summed E-state index contributed by atoms with van der Waals surface area (Å²) in [4.78, 5) is 25.6. The van der Waals surface area contributed by atoms with E-state index in [1.807, 2.05) is 26.0 Å². The van der Waals surface area contributed by atoms with E-state index in [-0.39, 0.29) is 5.41 Å². The summed E-state index contributed by atoms with van der Waals surface area (Å²) in [5.74, 6) is -1.56.